The van der Waals surface area contributed by atoms with Gasteiger partial charge >= 0.3 is 5.97 Å². The van der Waals surface area contributed by atoms with Gasteiger partial charge in [0.2, 0.25) is 5.91 Å². The number of carbonyl (C=O) groups excluding carboxylic acids is 3. The normalized spacial score (nSPS) is 30.2. The van der Waals surface area contributed by atoms with Crippen LogP contribution < -0.4 is 4.90 Å². The lowest BCUT2D eigenvalue weighted by Gasteiger charge is -2.37. The summed E-state index contributed by atoms with van der Waals surface area (Å²) in [5.41, 5.74) is 0.530. The van der Waals surface area contributed by atoms with Crippen molar-refractivity contribution in [2.75, 3.05) is 31.2 Å². The number of allylic oxidation sites excluding steroid dienone is 1. The summed E-state index contributed by atoms with van der Waals surface area (Å²) in [6.07, 6.45) is 6.11. The highest BCUT2D eigenvalue weighted by Crippen LogP contribution is 2.71. The average molecular weight is 533 g/mol. The van der Waals surface area contributed by atoms with Gasteiger partial charge in [0.15, 0.2) is 0 Å². The number of para-hydroxylation sites is 1. The van der Waals surface area contributed by atoms with E-state index >= 15 is 0 Å². The molecule has 7 nitrogen and oxygen atoms in total. The molecule has 1 spiro atoms. The fourth-order valence-electron chi connectivity index (χ4n) is 6.16. The highest BCUT2D eigenvalue weighted by atomic mass is 35.5. The maximum atomic E-state index is 14.3. The van der Waals surface area contributed by atoms with Gasteiger partial charge in [-0.15, -0.1) is 24.9 Å². The molecule has 3 heterocycles. The number of likely N-dealkylation sites (tertiary alicyclic amines) is 1. The lowest BCUT2D eigenvalue weighted by atomic mass is 9.66. The summed E-state index contributed by atoms with van der Waals surface area (Å²) >= 11 is 8.03. The van der Waals surface area contributed by atoms with Crippen molar-refractivity contribution in [2.45, 2.75) is 48.1 Å². The molecule has 3 saturated heterocycles. The molecule has 0 aromatic heterocycles. The fraction of sp³-hybridized carbons (Fsp3) is 0.519. The lowest BCUT2D eigenvalue weighted by molar-refractivity contribution is -0.155. The molecule has 9 heteroatoms. The zero-order valence-corrected chi connectivity index (χ0v) is 22.1. The van der Waals surface area contributed by atoms with Crippen molar-refractivity contribution in [3.05, 3.63) is 54.6 Å². The first kappa shape index (κ1) is 26.8. The summed E-state index contributed by atoms with van der Waals surface area (Å²) in [6.45, 7) is 9.69. The van der Waals surface area contributed by atoms with Crippen LogP contribution in [0.1, 0.15) is 32.6 Å². The molecule has 2 amide bonds. The molecule has 36 heavy (non-hydrogen) atoms. The Labute approximate surface area is 221 Å². The predicted octanol–water partition coefficient (Wildman–Crippen LogP) is 3.84. The Balaban J connectivity index is 1.72. The van der Waals surface area contributed by atoms with Crippen molar-refractivity contribution in [3.8, 4) is 0 Å². The fourth-order valence-corrected chi connectivity index (χ4v) is 8.73. The van der Waals surface area contributed by atoms with E-state index in [4.69, 9.17) is 16.3 Å². The van der Waals surface area contributed by atoms with Crippen molar-refractivity contribution >= 4 is 46.8 Å². The first-order valence-electron chi connectivity index (χ1n) is 12.3. The standard InChI is InChI=1S/C27H33ClN2O5S/c1-4-6-9-17-35-25(34)21-20-23(32)30(15-16-31)22(27(20)13-12-26(21,3)36-27)24(33)29(14-5-2)19-11-8-7-10-18(19)28/h4-5,7-8,10-11,20-22,31H,1-2,6,9,12-17H2,3H3/t20-,21-,22?,26+,27?/m0/s1. The highest BCUT2D eigenvalue weighted by Gasteiger charge is 2.77. The number of esters is 1. The Hall–Kier alpha value is -2.29. The number of rotatable bonds is 11. The summed E-state index contributed by atoms with van der Waals surface area (Å²) in [6, 6.07) is 6.21. The zero-order chi connectivity index (χ0) is 26.1. The number of amides is 2. The third kappa shape index (κ3) is 4.27. The number of carbonyl (C=O) groups is 3. The van der Waals surface area contributed by atoms with Crippen LogP contribution in [-0.4, -0.2) is 69.6 Å². The molecular formula is C27H33ClN2O5S. The number of anilines is 1. The lowest BCUT2D eigenvalue weighted by Crippen LogP contribution is -2.55. The van der Waals surface area contributed by atoms with E-state index in [-0.39, 0.29) is 44.1 Å². The molecule has 0 aliphatic carbocycles. The van der Waals surface area contributed by atoms with Gasteiger partial charge in [-0.05, 0) is 44.7 Å². The van der Waals surface area contributed by atoms with Crippen LogP contribution in [0.4, 0.5) is 5.69 Å². The number of unbranched alkanes of at least 4 members (excludes halogenated alkanes) is 1. The molecule has 194 valence electrons. The summed E-state index contributed by atoms with van der Waals surface area (Å²) in [5, 5.41) is 10.2. The molecule has 5 atom stereocenters. The Morgan fingerprint density at radius 1 is 1.31 bits per heavy atom. The highest BCUT2D eigenvalue weighted by molar-refractivity contribution is 8.02. The largest absolute Gasteiger partial charge is 0.465 e. The van der Waals surface area contributed by atoms with Gasteiger partial charge in [-0.25, -0.2) is 0 Å². The first-order chi connectivity index (χ1) is 17.3. The van der Waals surface area contributed by atoms with Crippen LogP contribution in [0.25, 0.3) is 0 Å². The second-order valence-corrected chi connectivity index (χ2v) is 12.1. The SMILES string of the molecule is C=CCCCOC(=O)[C@@H]1[C@H]2C(=O)N(CCO)C(C(=O)N(CC=C)c3ccccc3Cl)C23CC[C@@]1(C)S3. The van der Waals surface area contributed by atoms with Crippen LogP contribution in [0.3, 0.4) is 0 Å². The van der Waals surface area contributed by atoms with Crippen molar-refractivity contribution in [1.82, 2.24) is 4.90 Å². The van der Waals surface area contributed by atoms with E-state index in [1.807, 2.05) is 6.92 Å². The van der Waals surface area contributed by atoms with Gasteiger partial charge in [0.25, 0.3) is 5.91 Å². The van der Waals surface area contributed by atoms with E-state index in [1.165, 1.54) is 4.90 Å². The molecule has 0 radical (unpaired) electrons. The maximum absolute atomic E-state index is 14.3. The van der Waals surface area contributed by atoms with Crippen LogP contribution in [0.5, 0.6) is 0 Å². The Morgan fingerprint density at radius 3 is 2.72 bits per heavy atom. The number of ether oxygens (including phenoxy) is 1. The van der Waals surface area contributed by atoms with Gasteiger partial charge in [0, 0.05) is 17.8 Å². The van der Waals surface area contributed by atoms with Crippen LogP contribution in [0.15, 0.2) is 49.6 Å². The number of benzene rings is 1. The van der Waals surface area contributed by atoms with Crippen LogP contribution in [0.2, 0.25) is 5.02 Å². The molecule has 1 aromatic carbocycles. The van der Waals surface area contributed by atoms with E-state index in [2.05, 4.69) is 13.2 Å². The van der Waals surface area contributed by atoms with Gasteiger partial charge in [0.1, 0.15) is 6.04 Å². The molecule has 2 bridgehead atoms. The van der Waals surface area contributed by atoms with Gasteiger partial charge in [-0.3, -0.25) is 14.4 Å². The zero-order valence-electron chi connectivity index (χ0n) is 20.5. The van der Waals surface area contributed by atoms with Gasteiger partial charge in [0.05, 0.1) is 40.5 Å². The van der Waals surface area contributed by atoms with Crippen LogP contribution >= 0.6 is 23.4 Å². The molecule has 1 aromatic rings. The molecular weight excluding hydrogens is 500 g/mol. The smallest absolute Gasteiger partial charge is 0.311 e. The van der Waals surface area contributed by atoms with E-state index < -0.39 is 27.4 Å². The number of halogens is 1. The minimum Gasteiger partial charge on any atom is -0.465 e. The number of thioether (sulfide) groups is 1. The van der Waals surface area contributed by atoms with Crippen molar-refractivity contribution in [1.29, 1.82) is 0 Å². The van der Waals surface area contributed by atoms with Crippen molar-refractivity contribution < 1.29 is 24.2 Å². The number of aliphatic hydroxyl groups is 1. The topological polar surface area (TPSA) is 87.1 Å². The second kappa shape index (κ2) is 10.6. The van der Waals surface area contributed by atoms with E-state index in [1.54, 1.807) is 53.1 Å². The number of hydrogen-bond acceptors (Lipinski definition) is 6. The van der Waals surface area contributed by atoms with Gasteiger partial charge in [-0.2, -0.15) is 0 Å². The minimum atomic E-state index is -0.844. The monoisotopic (exact) mass is 532 g/mol. The van der Waals surface area contributed by atoms with E-state index in [0.29, 0.717) is 30.0 Å². The minimum absolute atomic E-state index is 0.0102. The number of fused-ring (bicyclic) bond motifs is 1. The second-order valence-electron chi connectivity index (χ2n) is 9.77. The third-order valence-electron chi connectivity index (χ3n) is 7.62. The first-order valence-corrected chi connectivity index (χ1v) is 13.5. The van der Waals surface area contributed by atoms with Crippen LogP contribution in [0, 0.1) is 11.8 Å². The molecule has 1 N–H and O–H groups in total. The number of hydrogen-bond donors (Lipinski definition) is 1. The molecule has 2 unspecified atom stereocenters. The number of β-amino-alcohol motifs (C(OH)–C–C–N with tert-alkyl or cyclic N) is 1. The summed E-state index contributed by atoms with van der Waals surface area (Å²) < 4.78 is 4.32. The number of aliphatic hydroxyl groups excluding tert-OH is 1. The Morgan fingerprint density at radius 2 is 2.06 bits per heavy atom. The third-order valence-corrected chi connectivity index (χ3v) is 9.93. The Bertz CT molecular complexity index is 1070. The molecule has 4 rings (SSSR count). The van der Waals surface area contributed by atoms with Crippen LogP contribution in [-0.2, 0) is 19.1 Å². The molecule has 3 fully saturated rings. The van der Waals surface area contributed by atoms with Crippen molar-refractivity contribution in [2.24, 2.45) is 11.8 Å². The summed E-state index contributed by atoms with van der Waals surface area (Å²) in [4.78, 5) is 44.5. The predicted molar refractivity (Wildman–Crippen MR) is 142 cm³/mol. The van der Waals surface area contributed by atoms with Gasteiger partial charge in [-0.1, -0.05) is 35.9 Å². The van der Waals surface area contributed by atoms with Gasteiger partial charge < -0.3 is 19.6 Å². The van der Waals surface area contributed by atoms with Crippen molar-refractivity contribution in [3.63, 3.8) is 0 Å². The molecule has 3 aliphatic rings. The summed E-state index contributed by atoms with van der Waals surface area (Å²) in [5.74, 6) is -2.29. The van der Waals surface area contributed by atoms with E-state index in [9.17, 15) is 19.5 Å². The molecule has 0 saturated carbocycles. The van der Waals surface area contributed by atoms with E-state index in [0.717, 1.165) is 6.42 Å². The number of nitrogens with zero attached hydrogens (tertiary/aromatic N) is 2. The molecule has 3 aliphatic heterocycles. The Kier molecular flexibility index (Phi) is 7.88. The summed E-state index contributed by atoms with van der Waals surface area (Å²) in [7, 11) is 0. The average Bonchev–Trinajstić information content (AvgIpc) is 3.42. The quantitative estimate of drug-likeness (QED) is 0.265. The maximum Gasteiger partial charge on any atom is 0.311 e.